The highest BCUT2D eigenvalue weighted by atomic mass is 35.5. The average molecular weight is 582 g/mol. The number of rotatable bonds is 7. The second-order valence-corrected chi connectivity index (χ2v) is 13.8. The molecule has 8 atom stereocenters. The molecule has 1 heterocycles. The van der Waals surface area contributed by atoms with E-state index in [2.05, 4.69) is 19.1 Å². The molecule has 2 unspecified atom stereocenters. The van der Waals surface area contributed by atoms with Gasteiger partial charge in [0, 0.05) is 36.8 Å². The molecule has 0 aromatic heterocycles. The minimum absolute atomic E-state index is 0.0190. The lowest BCUT2D eigenvalue weighted by atomic mass is 9.45. The van der Waals surface area contributed by atoms with Crippen molar-refractivity contribution in [2.75, 3.05) is 19.7 Å². The van der Waals surface area contributed by atoms with Crippen molar-refractivity contribution in [1.82, 2.24) is 5.06 Å². The number of allylic oxidation sites excluding steroid dienone is 4. The van der Waals surface area contributed by atoms with Gasteiger partial charge in [0.1, 0.15) is 0 Å². The number of ketones is 2. The van der Waals surface area contributed by atoms with E-state index in [1.807, 2.05) is 36.3 Å². The van der Waals surface area contributed by atoms with E-state index in [1.54, 1.807) is 12.2 Å². The lowest BCUT2D eigenvalue weighted by molar-refractivity contribution is -0.249. The van der Waals surface area contributed by atoms with Crippen LogP contribution in [0.2, 0.25) is 0 Å². The van der Waals surface area contributed by atoms with Gasteiger partial charge in [-0.05, 0) is 68.1 Å². The molecule has 3 saturated carbocycles. The molecule has 4 fully saturated rings. The van der Waals surface area contributed by atoms with Gasteiger partial charge in [-0.3, -0.25) is 19.2 Å². The van der Waals surface area contributed by atoms with Gasteiger partial charge in [-0.25, -0.2) is 0 Å². The number of ether oxygens (including phenoxy) is 1. The van der Waals surface area contributed by atoms with Gasteiger partial charge in [0.25, 0.3) is 0 Å². The van der Waals surface area contributed by atoms with Crippen LogP contribution in [-0.4, -0.2) is 64.0 Å². The number of Topliss-reactive ketones (excluding diaryl/α,β-unsaturated/α-hetero) is 1. The van der Waals surface area contributed by atoms with E-state index >= 15 is 0 Å². The second kappa shape index (κ2) is 10.1. The third-order valence-corrected chi connectivity index (χ3v) is 12.2. The van der Waals surface area contributed by atoms with Crippen molar-refractivity contribution in [3.63, 3.8) is 0 Å². The number of aliphatic hydroxyl groups is 1. The fourth-order valence-electron chi connectivity index (χ4n) is 9.34. The number of fused-ring (bicyclic) bond motifs is 7. The number of aryl methyl sites for hydroxylation is 1. The molecule has 6 rings (SSSR count). The Hall–Kier alpha value is -2.32. The molecule has 8 heteroatoms. The van der Waals surface area contributed by atoms with Crippen LogP contribution in [0.4, 0.5) is 0 Å². The summed E-state index contributed by atoms with van der Waals surface area (Å²) in [5.41, 5.74) is -0.362. The summed E-state index contributed by atoms with van der Waals surface area (Å²) in [5.74, 6) is -0.976. The maximum Gasteiger partial charge on any atom is 0.303 e. The topological polar surface area (TPSA) is 93.1 Å². The van der Waals surface area contributed by atoms with Crippen LogP contribution in [0, 0.1) is 28.6 Å². The van der Waals surface area contributed by atoms with Crippen molar-refractivity contribution in [1.29, 1.82) is 0 Å². The molecule has 1 aromatic carbocycles. The minimum atomic E-state index is -1.21. The first-order chi connectivity index (χ1) is 19.5. The fourth-order valence-corrected chi connectivity index (χ4v) is 9.86. The Bertz CT molecular complexity index is 1310. The number of carbonyl (C=O) groups excluding carboxylic acids is 3. The highest BCUT2D eigenvalue weighted by Gasteiger charge is 2.78. The number of esters is 1. The number of hydrogen-bond donors (Lipinski definition) is 1. The SMILES string of the molecule is CC(=O)OCC(=O)[C@@]12ON(CCCc3ccccc3)C[C@@H]1CC1C3CCC4=CC(=O)C=C[C@]4(C)[C@@]3(Cl)[C@@H](O)C[C@@]12C. The highest BCUT2D eigenvalue weighted by molar-refractivity contribution is 6.26. The number of alkyl halides is 1. The number of hydroxylamine groups is 2. The largest absolute Gasteiger partial charge is 0.458 e. The smallest absolute Gasteiger partial charge is 0.303 e. The molecule has 0 bridgehead atoms. The van der Waals surface area contributed by atoms with Crippen LogP contribution >= 0.6 is 11.6 Å². The predicted molar refractivity (Wildman–Crippen MR) is 154 cm³/mol. The molecule has 7 nitrogen and oxygen atoms in total. The van der Waals surface area contributed by atoms with E-state index in [0.717, 1.165) is 37.7 Å². The normalized spacial score (nSPS) is 41.2. The summed E-state index contributed by atoms with van der Waals surface area (Å²) in [6.07, 6.45) is 8.45. The van der Waals surface area contributed by atoms with Crippen LogP contribution < -0.4 is 0 Å². The Morgan fingerprint density at radius 2 is 1.95 bits per heavy atom. The zero-order chi connectivity index (χ0) is 29.2. The standard InChI is InChI=1S/C33H40ClNO6/c1-21(36)40-20-29(39)33-24(19-35(41-33)15-7-10-22-8-5-4-6-9-22)17-27-26-12-11-23-16-25(37)13-14-30(23,2)32(26,34)28(38)18-31(27,33)3/h4-6,8-9,13-14,16,24,26-28,38H,7,10-12,15,17-20H2,1-3H3/t24-,26?,27?,28-,30-,31-,32-,33-/m0/s1. The van der Waals surface area contributed by atoms with Crippen molar-refractivity contribution >= 4 is 29.1 Å². The lowest BCUT2D eigenvalue weighted by Crippen LogP contribution is -2.69. The monoisotopic (exact) mass is 581 g/mol. The molecule has 1 N–H and O–H groups in total. The van der Waals surface area contributed by atoms with Crippen molar-refractivity contribution in [2.45, 2.75) is 75.9 Å². The van der Waals surface area contributed by atoms with Crippen LogP contribution in [0.1, 0.15) is 58.4 Å². The third kappa shape index (κ3) is 4.14. The molecule has 0 radical (unpaired) electrons. The zero-order valence-corrected chi connectivity index (χ0v) is 24.9. The van der Waals surface area contributed by atoms with Crippen molar-refractivity contribution in [2.24, 2.45) is 28.6 Å². The molecular formula is C33H40ClNO6. The molecular weight excluding hydrogens is 542 g/mol. The molecule has 41 heavy (non-hydrogen) atoms. The number of benzene rings is 1. The number of halogens is 1. The van der Waals surface area contributed by atoms with Gasteiger partial charge < -0.3 is 9.84 Å². The first-order valence-corrected chi connectivity index (χ1v) is 15.3. The van der Waals surface area contributed by atoms with Gasteiger partial charge in [0.05, 0.1) is 11.0 Å². The molecule has 5 aliphatic rings. The van der Waals surface area contributed by atoms with Gasteiger partial charge >= 0.3 is 5.97 Å². The van der Waals surface area contributed by atoms with Crippen LogP contribution in [0.25, 0.3) is 0 Å². The molecule has 1 aromatic rings. The van der Waals surface area contributed by atoms with E-state index in [1.165, 1.54) is 12.5 Å². The fraction of sp³-hybridized carbons (Fsp3) is 0.606. The summed E-state index contributed by atoms with van der Waals surface area (Å²) in [6, 6.07) is 10.3. The van der Waals surface area contributed by atoms with Gasteiger partial charge in [0.15, 0.2) is 18.0 Å². The lowest BCUT2D eigenvalue weighted by Gasteiger charge is -2.64. The van der Waals surface area contributed by atoms with Crippen molar-refractivity contribution in [3.05, 3.63) is 59.7 Å². The van der Waals surface area contributed by atoms with Crippen LogP contribution in [0.5, 0.6) is 0 Å². The van der Waals surface area contributed by atoms with Crippen LogP contribution in [0.3, 0.4) is 0 Å². The minimum Gasteiger partial charge on any atom is -0.458 e. The average Bonchev–Trinajstić information content (AvgIpc) is 3.41. The number of aliphatic hydroxyl groups excluding tert-OH is 1. The Labute approximate surface area is 246 Å². The summed E-state index contributed by atoms with van der Waals surface area (Å²) >= 11 is 7.60. The zero-order valence-electron chi connectivity index (χ0n) is 24.1. The molecule has 1 saturated heterocycles. The Morgan fingerprint density at radius 3 is 2.68 bits per heavy atom. The summed E-state index contributed by atoms with van der Waals surface area (Å²) in [5, 5.41) is 13.9. The van der Waals surface area contributed by atoms with Gasteiger partial charge in [-0.2, -0.15) is 5.06 Å². The molecule has 4 aliphatic carbocycles. The Balaban J connectivity index is 1.31. The third-order valence-electron chi connectivity index (χ3n) is 11.2. The van der Waals surface area contributed by atoms with Crippen LogP contribution in [-0.2, 0) is 30.4 Å². The summed E-state index contributed by atoms with van der Waals surface area (Å²) in [6.45, 7) is 6.33. The van der Waals surface area contributed by atoms with E-state index in [4.69, 9.17) is 21.2 Å². The van der Waals surface area contributed by atoms with Crippen molar-refractivity contribution in [3.8, 4) is 0 Å². The number of nitrogens with zero attached hydrogens (tertiary/aromatic N) is 1. The van der Waals surface area contributed by atoms with Gasteiger partial charge in [0.2, 0.25) is 5.78 Å². The molecule has 1 aliphatic heterocycles. The molecule has 220 valence electrons. The van der Waals surface area contributed by atoms with E-state index < -0.39 is 33.4 Å². The Morgan fingerprint density at radius 1 is 1.20 bits per heavy atom. The van der Waals surface area contributed by atoms with E-state index in [9.17, 15) is 19.5 Å². The molecule has 0 amide bonds. The first-order valence-electron chi connectivity index (χ1n) is 14.9. The maximum atomic E-state index is 14.1. The number of hydrogen-bond acceptors (Lipinski definition) is 7. The maximum absolute atomic E-state index is 14.1. The van der Waals surface area contributed by atoms with Crippen LogP contribution in [0.15, 0.2) is 54.1 Å². The first kappa shape index (κ1) is 28.8. The second-order valence-electron chi connectivity index (χ2n) is 13.2. The summed E-state index contributed by atoms with van der Waals surface area (Å²) in [4.78, 5) is 43.8. The van der Waals surface area contributed by atoms with Gasteiger partial charge in [-0.15, -0.1) is 11.6 Å². The highest BCUT2D eigenvalue weighted by Crippen LogP contribution is 2.73. The predicted octanol–water partition coefficient (Wildman–Crippen LogP) is 4.60. The molecule has 0 spiro atoms. The summed E-state index contributed by atoms with van der Waals surface area (Å²) < 4.78 is 5.24. The van der Waals surface area contributed by atoms with E-state index in [-0.39, 0.29) is 42.3 Å². The summed E-state index contributed by atoms with van der Waals surface area (Å²) in [7, 11) is 0. The van der Waals surface area contributed by atoms with E-state index in [0.29, 0.717) is 13.1 Å². The number of carbonyl (C=O) groups is 3. The van der Waals surface area contributed by atoms with Gasteiger partial charge in [-0.1, -0.05) is 55.8 Å². The Kier molecular flexibility index (Phi) is 7.12. The quantitative estimate of drug-likeness (QED) is 0.371. The van der Waals surface area contributed by atoms with Crippen molar-refractivity contribution < 1.29 is 29.1 Å².